The molecular formula is C16H30O8. The molecule has 0 aliphatic carbocycles. The molecule has 1 aliphatic heterocycles. The summed E-state index contributed by atoms with van der Waals surface area (Å²) < 4.78 is 19.9. The standard InChI is InChI=1S/C8H16O4.C8H14O4/c1-4-5(2)12-8(11-3)7(10)6(4)9;1-6(4-9)7(2)12-8(5-10)11-3/h4-10H,1-3H3;4-8H,1-3H3/t4-,5?,6?,7?,8?;6-,7?,8?/m01/s1. The van der Waals surface area contributed by atoms with Gasteiger partial charge in [0.2, 0.25) is 6.29 Å². The van der Waals surface area contributed by atoms with Crippen molar-refractivity contribution in [1.82, 2.24) is 0 Å². The van der Waals surface area contributed by atoms with Crippen molar-refractivity contribution in [1.29, 1.82) is 0 Å². The van der Waals surface area contributed by atoms with Crippen molar-refractivity contribution in [3.63, 3.8) is 0 Å². The minimum absolute atomic E-state index is 0.0635. The van der Waals surface area contributed by atoms with E-state index in [0.29, 0.717) is 6.29 Å². The molecule has 24 heavy (non-hydrogen) atoms. The zero-order valence-electron chi connectivity index (χ0n) is 15.1. The first-order chi connectivity index (χ1) is 11.2. The molecule has 1 rings (SSSR count). The molecule has 1 fully saturated rings. The molecule has 8 nitrogen and oxygen atoms in total. The molecule has 1 saturated heterocycles. The van der Waals surface area contributed by atoms with Crippen LogP contribution in [0, 0.1) is 11.8 Å². The van der Waals surface area contributed by atoms with Crippen LogP contribution in [0.2, 0.25) is 0 Å². The zero-order valence-corrected chi connectivity index (χ0v) is 15.1. The Labute approximate surface area is 143 Å². The number of methoxy groups -OCH3 is 2. The summed E-state index contributed by atoms with van der Waals surface area (Å²) in [6, 6.07) is 0. The predicted octanol–water partition coefficient (Wildman–Crippen LogP) is 0.133. The second-order valence-corrected chi connectivity index (χ2v) is 5.86. The summed E-state index contributed by atoms with van der Waals surface area (Å²) in [6.07, 6.45) is -2.35. The van der Waals surface area contributed by atoms with Crippen molar-refractivity contribution >= 4 is 12.6 Å². The highest BCUT2D eigenvalue weighted by Crippen LogP contribution is 2.25. The highest BCUT2D eigenvalue weighted by Gasteiger charge is 2.40. The molecule has 0 amide bonds. The molecule has 1 heterocycles. The number of aliphatic hydroxyl groups is 2. The van der Waals surface area contributed by atoms with E-state index in [-0.39, 0.29) is 24.0 Å². The number of carbonyl (C=O) groups excluding carboxylic acids is 2. The molecule has 6 unspecified atom stereocenters. The third-order valence-corrected chi connectivity index (χ3v) is 4.14. The Kier molecular flexibility index (Phi) is 11.2. The number of ether oxygens (including phenoxy) is 4. The normalized spacial score (nSPS) is 33.6. The molecule has 0 aromatic carbocycles. The van der Waals surface area contributed by atoms with E-state index in [1.807, 2.05) is 13.8 Å². The van der Waals surface area contributed by atoms with Crippen molar-refractivity contribution in [2.75, 3.05) is 14.2 Å². The topological polar surface area (TPSA) is 112 Å². The van der Waals surface area contributed by atoms with Gasteiger partial charge in [-0.2, -0.15) is 0 Å². The van der Waals surface area contributed by atoms with E-state index in [4.69, 9.17) is 14.2 Å². The summed E-state index contributed by atoms with van der Waals surface area (Å²) in [5.74, 6) is -0.297. The van der Waals surface area contributed by atoms with E-state index in [1.165, 1.54) is 14.2 Å². The van der Waals surface area contributed by atoms with Crippen LogP contribution in [0.1, 0.15) is 27.7 Å². The van der Waals surface area contributed by atoms with Gasteiger partial charge in [0, 0.05) is 26.1 Å². The number of aldehydes is 2. The summed E-state index contributed by atoms with van der Waals surface area (Å²) in [5.41, 5.74) is 0. The number of aliphatic hydroxyl groups excluding tert-OH is 2. The Bertz CT molecular complexity index is 359. The Balaban J connectivity index is 0.000000441. The highest BCUT2D eigenvalue weighted by atomic mass is 16.7. The monoisotopic (exact) mass is 350 g/mol. The van der Waals surface area contributed by atoms with Crippen molar-refractivity contribution in [3.8, 4) is 0 Å². The lowest BCUT2D eigenvalue weighted by molar-refractivity contribution is -0.271. The lowest BCUT2D eigenvalue weighted by Crippen LogP contribution is -2.53. The Morgan fingerprint density at radius 1 is 1.04 bits per heavy atom. The van der Waals surface area contributed by atoms with E-state index in [9.17, 15) is 19.8 Å². The minimum atomic E-state index is -0.943. The van der Waals surface area contributed by atoms with Gasteiger partial charge in [-0.25, -0.2) is 0 Å². The smallest absolute Gasteiger partial charge is 0.214 e. The van der Waals surface area contributed by atoms with E-state index < -0.39 is 24.8 Å². The van der Waals surface area contributed by atoms with Crippen LogP contribution in [0.25, 0.3) is 0 Å². The van der Waals surface area contributed by atoms with Crippen LogP contribution in [0.3, 0.4) is 0 Å². The average Bonchev–Trinajstić information content (AvgIpc) is 2.60. The van der Waals surface area contributed by atoms with Crippen molar-refractivity contribution in [3.05, 3.63) is 0 Å². The molecule has 0 aromatic rings. The van der Waals surface area contributed by atoms with E-state index >= 15 is 0 Å². The molecule has 2 N–H and O–H groups in total. The fourth-order valence-electron chi connectivity index (χ4n) is 1.95. The van der Waals surface area contributed by atoms with Gasteiger partial charge in [0.15, 0.2) is 12.6 Å². The van der Waals surface area contributed by atoms with Gasteiger partial charge in [0.1, 0.15) is 12.4 Å². The third kappa shape index (κ3) is 6.92. The van der Waals surface area contributed by atoms with E-state index in [0.717, 1.165) is 6.29 Å². The quantitative estimate of drug-likeness (QED) is 0.492. The summed E-state index contributed by atoms with van der Waals surface area (Å²) in [7, 11) is 2.82. The Morgan fingerprint density at radius 3 is 2.04 bits per heavy atom. The summed E-state index contributed by atoms with van der Waals surface area (Å²) in [4.78, 5) is 20.5. The molecule has 142 valence electrons. The lowest BCUT2D eigenvalue weighted by atomic mass is 9.92. The van der Waals surface area contributed by atoms with Crippen LogP contribution >= 0.6 is 0 Å². The maximum absolute atomic E-state index is 10.3. The number of rotatable bonds is 7. The van der Waals surface area contributed by atoms with Crippen LogP contribution in [0.4, 0.5) is 0 Å². The maximum Gasteiger partial charge on any atom is 0.214 e. The Hall–Kier alpha value is -0.900. The van der Waals surface area contributed by atoms with E-state index in [1.54, 1.807) is 13.8 Å². The van der Waals surface area contributed by atoms with Gasteiger partial charge in [-0.3, -0.25) is 4.79 Å². The maximum atomic E-state index is 10.3. The van der Waals surface area contributed by atoms with Gasteiger partial charge in [-0.1, -0.05) is 13.8 Å². The summed E-state index contributed by atoms with van der Waals surface area (Å²) in [5, 5.41) is 18.9. The second-order valence-electron chi connectivity index (χ2n) is 5.86. The van der Waals surface area contributed by atoms with Gasteiger partial charge in [-0.05, 0) is 13.8 Å². The van der Waals surface area contributed by atoms with Gasteiger partial charge in [0.05, 0.1) is 18.3 Å². The van der Waals surface area contributed by atoms with Crippen LogP contribution < -0.4 is 0 Å². The molecule has 0 spiro atoms. The minimum Gasteiger partial charge on any atom is -0.390 e. The van der Waals surface area contributed by atoms with Crippen molar-refractivity contribution in [2.24, 2.45) is 11.8 Å². The summed E-state index contributed by atoms with van der Waals surface area (Å²) >= 11 is 0. The number of carbonyl (C=O) groups is 2. The second kappa shape index (κ2) is 11.6. The van der Waals surface area contributed by atoms with Crippen LogP contribution in [0.15, 0.2) is 0 Å². The van der Waals surface area contributed by atoms with Gasteiger partial charge >= 0.3 is 0 Å². The van der Waals surface area contributed by atoms with Crippen LogP contribution in [-0.2, 0) is 28.5 Å². The fraction of sp³-hybridized carbons (Fsp3) is 0.875. The summed E-state index contributed by atoms with van der Waals surface area (Å²) in [6.45, 7) is 7.12. The van der Waals surface area contributed by atoms with Crippen molar-refractivity contribution in [2.45, 2.75) is 64.7 Å². The van der Waals surface area contributed by atoms with E-state index in [2.05, 4.69) is 4.74 Å². The largest absolute Gasteiger partial charge is 0.390 e. The van der Waals surface area contributed by atoms with Crippen LogP contribution in [-0.4, -0.2) is 74.0 Å². The lowest BCUT2D eigenvalue weighted by Gasteiger charge is -2.39. The van der Waals surface area contributed by atoms with Gasteiger partial charge in [-0.15, -0.1) is 0 Å². The Morgan fingerprint density at radius 2 is 1.62 bits per heavy atom. The first-order valence-electron chi connectivity index (χ1n) is 7.86. The number of hydrogen-bond donors (Lipinski definition) is 2. The SMILES string of the molecule is COC(C=O)OC(C)[C@H](C)C=O.COC1OC(C)[C@H](C)C(O)C1O. The molecule has 0 saturated carbocycles. The molecule has 0 aromatic heterocycles. The average molecular weight is 350 g/mol. The molecule has 1 aliphatic rings. The third-order valence-electron chi connectivity index (χ3n) is 4.14. The predicted molar refractivity (Wildman–Crippen MR) is 85.2 cm³/mol. The first kappa shape index (κ1) is 23.1. The highest BCUT2D eigenvalue weighted by molar-refractivity contribution is 5.55. The fourth-order valence-corrected chi connectivity index (χ4v) is 1.95. The first-order valence-corrected chi connectivity index (χ1v) is 7.86. The molecule has 0 bridgehead atoms. The van der Waals surface area contributed by atoms with Crippen LogP contribution in [0.5, 0.6) is 0 Å². The van der Waals surface area contributed by atoms with Crippen molar-refractivity contribution < 1.29 is 38.7 Å². The zero-order chi connectivity index (χ0) is 18.9. The molecule has 0 radical (unpaired) electrons. The van der Waals surface area contributed by atoms with Gasteiger partial charge in [0.25, 0.3) is 0 Å². The molecule has 8 atom stereocenters. The van der Waals surface area contributed by atoms with Gasteiger partial charge < -0.3 is 34.0 Å². The molecule has 8 heteroatoms. The number of hydrogen-bond acceptors (Lipinski definition) is 8. The molecular weight excluding hydrogens is 320 g/mol.